The first-order valence-electron chi connectivity index (χ1n) is 8.17. The van der Waals surface area contributed by atoms with Gasteiger partial charge in [-0.2, -0.15) is 4.99 Å². The molecule has 3 N–H and O–H groups in total. The molecule has 0 unspecified atom stereocenters. The standard InChI is InChI=1S/C20H21N3O2/c1-22-20(21)23-19(24)14-11-10-13-6-5-8-15(17(13)12-14)16-7-3-4-9-18(16)25-2/h3-4,7-12H,5-6H2,1-2H3,(H3,21,22,23,24). The number of carbonyl (C=O) groups is 1. The van der Waals surface area contributed by atoms with E-state index in [1.165, 1.54) is 5.56 Å². The molecule has 25 heavy (non-hydrogen) atoms. The number of guanidine groups is 1. The number of amides is 1. The fraction of sp³-hybridized carbons (Fsp3) is 0.200. The van der Waals surface area contributed by atoms with E-state index >= 15 is 0 Å². The lowest BCUT2D eigenvalue weighted by atomic mass is 9.85. The number of allylic oxidation sites excluding steroid dienone is 1. The lowest BCUT2D eigenvalue weighted by molar-refractivity contribution is 0.100. The quantitative estimate of drug-likeness (QED) is 0.668. The maximum atomic E-state index is 12.3. The summed E-state index contributed by atoms with van der Waals surface area (Å²) in [7, 11) is 3.29. The Morgan fingerprint density at radius 2 is 2.00 bits per heavy atom. The van der Waals surface area contributed by atoms with Crippen molar-refractivity contribution in [3.05, 3.63) is 70.8 Å². The van der Waals surface area contributed by atoms with Gasteiger partial charge in [0.15, 0.2) is 5.96 Å². The SMILES string of the molecule is CN/C(N)=N/C(=O)c1ccc2c(c1)C(c1ccccc1OC)=CCC2. The predicted molar refractivity (Wildman–Crippen MR) is 99.8 cm³/mol. The highest BCUT2D eigenvalue weighted by Gasteiger charge is 2.19. The van der Waals surface area contributed by atoms with Crippen LogP contribution in [0, 0.1) is 0 Å². The molecule has 0 aliphatic heterocycles. The number of benzene rings is 2. The zero-order chi connectivity index (χ0) is 17.8. The normalized spacial score (nSPS) is 13.7. The Hall–Kier alpha value is -3.08. The van der Waals surface area contributed by atoms with Gasteiger partial charge in [-0.3, -0.25) is 4.79 Å². The third kappa shape index (κ3) is 3.40. The molecule has 2 aromatic rings. The van der Waals surface area contributed by atoms with Gasteiger partial charge in [0.1, 0.15) is 5.75 Å². The van der Waals surface area contributed by atoms with Gasteiger partial charge in [0.25, 0.3) is 5.91 Å². The predicted octanol–water partition coefficient (Wildman–Crippen LogP) is 2.75. The number of nitrogens with zero attached hydrogens (tertiary/aromatic N) is 1. The highest BCUT2D eigenvalue weighted by Crippen LogP contribution is 2.36. The molecule has 2 aromatic carbocycles. The van der Waals surface area contributed by atoms with Gasteiger partial charge in [-0.1, -0.05) is 30.3 Å². The number of para-hydroxylation sites is 1. The molecule has 0 radical (unpaired) electrons. The third-order valence-electron chi connectivity index (χ3n) is 4.28. The van der Waals surface area contributed by atoms with E-state index in [9.17, 15) is 4.79 Å². The van der Waals surface area contributed by atoms with Crippen molar-refractivity contribution in [3.8, 4) is 5.75 Å². The zero-order valence-electron chi connectivity index (χ0n) is 14.4. The number of aliphatic imine (C=N–C) groups is 1. The molecule has 0 heterocycles. The van der Waals surface area contributed by atoms with Crippen LogP contribution in [0.15, 0.2) is 53.5 Å². The number of hydrogen-bond donors (Lipinski definition) is 2. The van der Waals surface area contributed by atoms with Crippen LogP contribution in [0.5, 0.6) is 5.75 Å². The zero-order valence-corrected chi connectivity index (χ0v) is 14.4. The van der Waals surface area contributed by atoms with Crippen molar-refractivity contribution in [3.63, 3.8) is 0 Å². The van der Waals surface area contributed by atoms with Gasteiger partial charge in [0.2, 0.25) is 0 Å². The number of rotatable bonds is 3. The molecule has 3 rings (SSSR count). The summed E-state index contributed by atoms with van der Waals surface area (Å²) >= 11 is 0. The van der Waals surface area contributed by atoms with Gasteiger partial charge in [-0.05, 0) is 47.7 Å². The van der Waals surface area contributed by atoms with Gasteiger partial charge in [0.05, 0.1) is 7.11 Å². The number of nitrogens with one attached hydrogen (secondary N) is 1. The highest BCUT2D eigenvalue weighted by atomic mass is 16.5. The van der Waals surface area contributed by atoms with Gasteiger partial charge in [-0.15, -0.1) is 0 Å². The van der Waals surface area contributed by atoms with Crippen molar-refractivity contribution < 1.29 is 9.53 Å². The van der Waals surface area contributed by atoms with E-state index in [0.717, 1.165) is 35.3 Å². The maximum Gasteiger partial charge on any atom is 0.280 e. The summed E-state index contributed by atoms with van der Waals surface area (Å²) < 4.78 is 5.50. The molecule has 0 aromatic heterocycles. The summed E-state index contributed by atoms with van der Waals surface area (Å²) in [5.74, 6) is 0.554. The second-order valence-electron chi connectivity index (χ2n) is 5.78. The molecule has 0 bridgehead atoms. The molecule has 0 spiro atoms. The lowest BCUT2D eigenvalue weighted by Gasteiger charge is -2.20. The van der Waals surface area contributed by atoms with E-state index in [1.54, 1.807) is 20.2 Å². The first-order valence-corrected chi connectivity index (χ1v) is 8.17. The van der Waals surface area contributed by atoms with Gasteiger partial charge in [-0.25, -0.2) is 0 Å². The molecule has 5 nitrogen and oxygen atoms in total. The summed E-state index contributed by atoms with van der Waals surface area (Å²) in [5.41, 5.74) is 10.5. The van der Waals surface area contributed by atoms with E-state index in [-0.39, 0.29) is 11.9 Å². The first kappa shape index (κ1) is 16.8. The monoisotopic (exact) mass is 335 g/mol. The van der Waals surface area contributed by atoms with Crippen molar-refractivity contribution >= 4 is 17.4 Å². The Morgan fingerprint density at radius 1 is 1.20 bits per heavy atom. The van der Waals surface area contributed by atoms with Crippen LogP contribution in [0.1, 0.15) is 33.5 Å². The molecule has 1 amide bonds. The number of aryl methyl sites for hydroxylation is 1. The van der Waals surface area contributed by atoms with Crippen LogP contribution >= 0.6 is 0 Å². The molecule has 0 atom stereocenters. The number of methoxy groups -OCH3 is 1. The van der Waals surface area contributed by atoms with Crippen molar-refractivity contribution in [1.82, 2.24) is 5.32 Å². The Balaban J connectivity index is 2.06. The fourth-order valence-corrected chi connectivity index (χ4v) is 3.01. The first-order chi connectivity index (χ1) is 12.1. The summed E-state index contributed by atoms with van der Waals surface area (Å²) in [6.45, 7) is 0. The minimum Gasteiger partial charge on any atom is -0.496 e. The van der Waals surface area contributed by atoms with Crippen LogP contribution in [-0.2, 0) is 6.42 Å². The Bertz CT molecular complexity index is 869. The average Bonchev–Trinajstić information content (AvgIpc) is 2.66. The lowest BCUT2D eigenvalue weighted by Crippen LogP contribution is -2.28. The minimum atomic E-state index is -0.361. The Morgan fingerprint density at radius 3 is 2.76 bits per heavy atom. The molecule has 0 saturated carbocycles. The van der Waals surface area contributed by atoms with Crippen LogP contribution in [0.25, 0.3) is 5.57 Å². The molecule has 1 aliphatic rings. The summed E-state index contributed by atoms with van der Waals surface area (Å²) in [4.78, 5) is 16.2. The van der Waals surface area contributed by atoms with Crippen LogP contribution in [0.4, 0.5) is 0 Å². The van der Waals surface area contributed by atoms with Crippen LogP contribution in [0.2, 0.25) is 0 Å². The number of carbonyl (C=O) groups excluding carboxylic acids is 1. The van der Waals surface area contributed by atoms with Gasteiger partial charge < -0.3 is 15.8 Å². The summed E-state index contributed by atoms with van der Waals surface area (Å²) in [5, 5.41) is 2.66. The summed E-state index contributed by atoms with van der Waals surface area (Å²) in [6.07, 6.45) is 4.10. The Labute approximate surface area is 147 Å². The van der Waals surface area contributed by atoms with Crippen LogP contribution in [-0.4, -0.2) is 26.0 Å². The third-order valence-corrected chi connectivity index (χ3v) is 4.28. The molecule has 0 fully saturated rings. The largest absolute Gasteiger partial charge is 0.496 e. The Kier molecular flexibility index (Phi) is 4.84. The second-order valence-corrected chi connectivity index (χ2v) is 5.78. The number of nitrogens with two attached hydrogens (primary N) is 1. The average molecular weight is 335 g/mol. The van der Waals surface area contributed by atoms with Gasteiger partial charge in [0, 0.05) is 18.2 Å². The van der Waals surface area contributed by atoms with E-state index in [0.29, 0.717) is 5.56 Å². The van der Waals surface area contributed by atoms with Gasteiger partial charge >= 0.3 is 0 Å². The number of fused-ring (bicyclic) bond motifs is 1. The number of hydrogen-bond acceptors (Lipinski definition) is 2. The molecule has 1 aliphatic carbocycles. The van der Waals surface area contributed by atoms with Crippen LogP contribution in [0.3, 0.4) is 0 Å². The fourth-order valence-electron chi connectivity index (χ4n) is 3.01. The molecule has 128 valence electrons. The van der Waals surface area contributed by atoms with E-state index in [2.05, 4.69) is 16.4 Å². The van der Waals surface area contributed by atoms with Crippen molar-refractivity contribution in [2.24, 2.45) is 10.7 Å². The minimum absolute atomic E-state index is 0.100. The second kappa shape index (κ2) is 7.21. The van der Waals surface area contributed by atoms with E-state index in [4.69, 9.17) is 10.5 Å². The van der Waals surface area contributed by atoms with Crippen molar-refractivity contribution in [2.45, 2.75) is 12.8 Å². The van der Waals surface area contributed by atoms with Crippen LogP contribution < -0.4 is 15.8 Å². The maximum absolute atomic E-state index is 12.3. The molecular weight excluding hydrogens is 314 g/mol. The molecule has 0 saturated heterocycles. The van der Waals surface area contributed by atoms with Crippen molar-refractivity contribution in [2.75, 3.05) is 14.2 Å². The topological polar surface area (TPSA) is 76.7 Å². The molecule has 5 heteroatoms. The number of ether oxygens (including phenoxy) is 1. The highest BCUT2D eigenvalue weighted by molar-refractivity contribution is 6.03. The van der Waals surface area contributed by atoms with Crippen molar-refractivity contribution in [1.29, 1.82) is 0 Å². The van der Waals surface area contributed by atoms with E-state index < -0.39 is 0 Å². The molecular formula is C20H21N3O2. The smallest absolute Gasteiger partial charge is 0.280 e. The summed E-state index contributed by atoms with van der Waals surface area (Å²) in [6, 6.07) is 13.6. The van der Waals surface area contributed by atoms with E-state index in [1.807, 2.05) is 36.4 Å².